The second-order valence-electron chi connectivity index (χ2n) is 6.42. The summed E-state index contributed by atoms with van der Waals surface area (Å²) in [6, 6.07) is 0. The molecule has 0 aliphatic heterocycles. The standard InChI is InChI=1S/C20H40N6O9/c21-25-23-1-3-27-5-7-29-9-11-31-13-15-33-17-19-35-20-18-34-16-14-32-12-10-30-8-6-28-4-2-24-26-22/h1-20H2. The average molecular weight is 509 g/mol. The summed E-state index contributed by atoms with van der Waals surface area (Å²) >= 11 is 0. The first-order valence-electron chi connectivity index (χ1n) is 11.6. The molecule has 0 amide bonds. The van der Waals surface area contributed by atoms with Crippen molar-refractivity contribution in [2.75, 3.05) is 132 Å². The highest BCUT2D eigenvalue weighted by atomic mass is 16.6. The third kappa shape index (κ3) is 32.3. The summed E-state index contributed by atoms with van der Waals surface area (Å²) in [5.41, 5.74) is 16.2. The fourth-order valence-corrected chi connectivity index (χ4v) is 2.16. The van der Waals surface area contributed by atoms with Crippen LogP contribution in [0.4, 0.5) is 0 Å². The van der Waals surface area contributed by atoms with Gasteiger partial charge < -0.3 is 42.6 Å². The summed E-state index contributed by atoms with van der Waals surface area (Å²) in [5, 5.41) is 6.72. The van der Waals surface area contributed by atoms with Gasteiger partial charge in [-0.15, -0.1) is 0 Å². The fraction of sp³-hybridized carbons (Fsp3) is 1.00. The third-order valence-corrected chi connectivity index (χ3v) is 3.77. The Morgan fingerprint density at radius 1 is 0.314 bits per heavy atom. The van der Waals surface area contributed by atoms with Gasteiger partial charge in [0.25, 0.3) is 0 Å². The molecule has 0 aliphatic rings. The highest BCUT2D eigenvalue weighted by molar-refractivity contribution is 4.45. The van der Waals surface area contributed by atoms with Crippen LogP contribution in [0.5, 0.6) is 0 Å². The first-order chi connectivity index (χ1) is 17.4. The molecule has 0 spiro atoms. The molecule has 0 unspecified atom stereocenters. The summed E-state index contributed by atoms with van der Waals surface area (Å²) in [5.74, 6) is 0. The van der Waals surface area contributed by atoms with Crippen LogP contribution in [-0.2, 0) is 42.6 Å². The molecule has 35 heavy (non-hydrogen) atoms. The second-order valence-corrected chi connectivity index (χ2v) is 6.42. The van der Waals surface area contributed by atoms with E-state index < -0.39 is 0 Å². The Hall–Kier alpha value is -1.74. The summed E-state index contributed by atoms with van der Waals surface area (Å²) in [6.45, 7) is 9.21. The molecule has 0 N–H and O–H groups in total. The van der Waals surface area contributed by atoms with E-state index >= 15 is 0 Å². The van der Waals surface area contributed by atoms with Gasteiger partial charge in [-0.25, -0.2) is 0 Å². The van der Waals surface area contributed by atoms with Crippen molar-refractivity contribution in [2.24, 2.45) is 10.2 Å². The minimum atomic E-state index is 0.327. The van der Waals surface area contributed by atoms with E-state index in [2.05, 4.69) is 20.1 Å². The molecule has 0 aromatic rings. The molecule has 0 fully saturated rings. The molecule has 0 rings (SSSR count). The van der Waals surface area contributed by atoms with E-state index in [-0.39, 0.29) is 0 Å². The molecular formula is C20H40N6O9. The predicted octanol–water partition coefficient (Wildman–Crippen LogP) is 1.76. The van der Waals surface area contributed by atoms with E-state index in [1.807, 2.05) is 0 Å². The van der Waals surface area contributed by atoms with Gasteiger partial charge in [0.05, 0.1) is 119 Å². The molecule has 0 saturated carbocycles. The van der Waals surface area contributed by atoms with Gasteiger partial charge in [-0.1, -0.05) is 10.2 Å². The molecule has 15 heteroatoms. The number of hydrogen-bond acceptors (Lipinski definition) is 11. The highest BCUT2D eigenvalue weighted by Gasteiger charge is 1.95. The molecule has 0 atom stereocenters. The van der Waals surface area contributed by atoms with Crippen LogP contribution in [0.15, 0.2) is 10.2 Å². The van der Waals surface area contributed by atoms with Crippen molar-refractivity contribution >= 4 is 0 Å². The lowest BCUT2D eigenvalue weighted by Gasteiger charge is -2.08. The van der Waals surface area contributed by atoms with Gasteiger partial charge in [-0.3, -0.25) is 0 Å². The van der Waals surface area contributed by atoms with Crippen molar-refractivity contribution in [3.8, 4) is 0 Å². The van der Waals surface area contributed by atoms with Crippen LogP contribution in [-0.4, -0.2) is 132 Å². The normalized spacial score (nSPS) is 10.7. The Morgan fingerprint density at radius 3 is 0.657 bits per heavy atom. The van der Waals surface area contributed by atoms with Crippen molar-refractivity contribution in [2.45, 2.75) is 0 Å². The number of azide groups is 2. The number of nitrogens with zero attached hydrogens (tertiary/aromatic N) is 6. The zero-order valence-corrected chi connectivity index (χ0v) is 20.5. The van der Waals surface area contributed by atoms with Gasteiger partial charge >= 0.3 is 0 Å². The molecule has 0 bridgehead atoms. The largest absolute Gasteiger partial charge is 0.379 e. The van der Waals surface area contributed by atoms with E-state index in [4.69, 9.17) is 53.7 Å². The Morgan fingerprint density at radius 2 is 0.486 bits per heavy atom. The molecule has 0 aliphatic carbocycles. The first kappa shape index (κ1) is 33.3. The molecular weight excluding hydrogens is 468 g/mol. The van der Waals surface area contributed by atoms with E-state index in [1.54, 1.807) is 0 Å². The first-order valence-corrected chi connectivity index (χ1v) is 11.6. The highest BCUT2D eigenvalue weighted by Crippen LogP contribution is 1.86. The van der Waals surface area contributed by atoms with Crippen LogP contribution in [0.1, 0.15) is 0 Å². The minimum absolute atomic E-state index is 0.327. The van der Waals surface area contributed by atoms with E-state index in [0.717, 1.165) is 0 Å². The van der Waals surface area contributed by atoms with Crippen molar-refractivity contribution < 1.29 is 42.6 Å². The van der Waals surface area contributed by atoms with Crippen LogP contribution in [0, 0.1) is 0 Å². The third-order valence-electron chi connectivity index (χ3n) is 3.77. The summed E-state index contributed by atoms with van der Waals surface area (Å²) < 4.78 is 48.1. The van der Waals surface area contributed by atoms with Gasteiger partial charge in [0.15, 0.2) is 0 Å². The molecule has 0 saturated heterocycles. The lowest BCUT2D eigenvalue weighted by atomic mass is 10.6. The Bertz CT molecular complexity index is 479. The predicted molar refractivity (Wildman–Crippen MR) is 125 cm³/mol. The topological polar surface area (TPSA) is 181 Å². The quantitative estimate of drug-likeness (QED) is 0.0604. The summed E-state index contributed by atoms with van der Waals surface area (Å²) in [6.07, 6.45) is 0. The van der Waals surface area contributed by atoms with Crippen molar-refractivity contribution in [1.29, 1.82) is 0 Å². The maximum Gasteiger partial charge on any atom is 0.0701 e. The number of rotatable bonds is 30. The molecule has 0 aromatic heterocycles. The smallest absolute Gasteiger partial charge is 0.0701 e. The van der Waals surface area contributed by atoms with Gasteiger partial charge in [0.2, 0.25) is 0 Å². The van der Waals surface area contributed by atoms with E-state index in [9.17, 15) is 0 Å². The molecule has 204 valence electrons. The van der Waals surface area contributed by atoms with Crippen LogP contribution in [0.3, 0.4) is 0 Å². The SMILES string of the molecule is [N-]=[N+]=NCCOCCOCCOCCOCCOCCOCCOCCOCCOCCN=[N+]=[N-]. The lowest BCUT2D eigenvalue weighted by Crippen LogP contribution is -2.15. The Kier molecular flexibility index (Phi) is 30.7. The maximum absolute atomic E-state index is 8.11. The van der Waals surface area contributed by atoms with Gasteiger partial charge in [0, 0.05) is 22.9 Å². The van der Waals surface area contributed by atoms with Crippen molar-refractivity contribution in [1.82, 2.24) is 0 Å². The maximum atomic E-state index is 8.11. The molecule has 0 aromatic carbocycles. The lowest BCUT2D eigenvalue weighted by molar-refractivity contribution is -0.0247. The zero-order valence-electron chi connectivity index (χ0n) is 20.5. The van der Waals surface area contributed by atoms with Gasteiger partial charge in [0.1, 0.15) is 0 Å². The number of ether oxygens (including phenoxy) is 9. The zero-order chi connectivity index (χ0) is 25.3. The monoisotopic (exact) mass is 508 g/mol. The average Bonchev–Trinajstić information content (AvgIpc) is 2.87. The Balaban J connectivity index is 3.03. The second kappa shape index (κ2) is 32.3. The van der Waals surface area contributed by atoms with Crippen molar-refractivity contribution in [3.05, 3.63) is 20.9 Å². The van der Waals surface area contributed by atoms with E-state index in [0.29, 0.717) is 132 Å². The Labute approximate surface area is 206 Å². The van der Waals surface area contributed by atoms with Gasteiger partial charge in [-0.05, 0) is 11.1 Å². The number of hydrogen-bond donors (Lipinski definition) is 0. The van der Waals surface area contributed by atoms with Crippen LogP contribution in [0.25, 0.3) is 20.9 Å². The fourth-order valence-electron chi connectivity index (χ4n) is 2.16. The van der Waals surface area contributed by atoms with E-state index in [1.165, 1.54) is 0 Å². The molecule has 0 heterocycles. The van der Waals surface area contributed by atoms with Gasteiger partial charge in [-0.2, -0.15) is 0 Å². The minimum Gasteiger partial charge on any atom is -0.379 e. The summed E-state index contributed by atoms with van der Waals surface area (Å²) in [7, 11) is 0. The summed E-state index contributed by atoms with van der Waals surface area (Å²) in [4.78, 5) is 5.27. The molecule has 0 radical (unpaired) electrons. The van der Waals surface area contributed by atoms with Crippen LogP contribution in [0.2, 0.25) is 0 Å². The van der Waals surface area contributed by atoms with Crippen LogP contribution < -0.4 is 0 Å². The van der Waals surface area contributed by atoms with Crippen molar-refractivity contribution in [3.63, 3.8) is 0 Å². The van der Waals surface area contributed by atoms with Crippen LogP contribution >= 0.6 is 0 Å². The molecule has 15 nitrogen and oxygen atoms in total.